The number of aliphatic carboxylic acids is 1. The SMILES string of the molecule is CC(CC(=O)O)NC(=O)c1ccc(-c2noc(CCC3(c4ccccc4)CCCCC3=O)n2)cc1. The molecule has 1 saturated carbocycles. The van der Waals surface area contributed by atoms with E-state index >= 15 is 0 Å². The molecule has 0 radical (unpaired) electrons. The van der Waals surface area contributed by atoms with E-state index in [1.54, 1.807) is 31.2 Å². The maximum absolute atomic E-state index is 13.0. The average molecular weight is 476 g/mol. The molecule has 0 aliphatic heterocycles. The highest BCUT2D eigenvalue weighted by atomic mass is 16.5. The van der Waals surface area contributed by atoms with Gasteiger partial charge >= 0.3 is 5.97 Å². The zero-order valence-corrected chi connectivity index (χ0v) is 19.7. The van der Waals surface area contributed by atoms with E-state index in [0.29, 0.717) is 42.1 Å². The van der Waals surface area contributed by atoms with Gasteiger partial charge in [-0.05, 0) is 43.9 Å². The van der Waals surface area contributed by atoms with Crippen molar-refractivity contribution in [2.75, 3.05) is 0 Å². The molecule has 2 aromatic carbocycles. The highest BCUT2D eigenvalue weighted by molar-refractivity contribution is 5.95. The number of nitrogens with zero attached hydrogens (tertiary/aromatic N) is 2. The third-order valence-electron chi connectivity index (χ3n) is 6.61. The fraction of sp³-hybridized carbons (Fsp3) is 0.370. The normalized spacial score (nSPS) is 18.7. The van der Waals surface area contributed by atoms with Crippen LogP contribution in [0.1, 0.15) is 67.3 Å². The Labute approximate surface area is 203 Å². The molecule has 8 heteroatoms. The summed E-state index contributed by atoms with van der Waals surface area (Å²) >= 11 is 0. The molecule has 1 aliphatic carbocycles. The predicted molar refractivity (Wildman–Crippen MR) is 129 cm³/mol. The summed E-state index contributed by atoms with van der Waals surface area (Å²) in [6.45, 7) is 1.64. The van der Waals surface area contributed by atoms with Gasteiger partial charge in [0, 0.05) is 30.0 Å². The van der Waals surface area contributed by atoms with E-state index < -0.39 is 17.4 Å². The van der Waals surface area contributed by atoms with E-state index in [4.69, 9.17) is 9.63 Å². The van der Waals surface area contributed by atoms with Crippen LogP contribution in [-0.4, -0.2) is 38.9 Å². The predicted octanol–water partition coefficient (Wildman–Crippen LogP) is 4.34. The van der Waals surface area contributed by atoms with Gasteiger partial charge in [0.15, 0.2) is 0 Å². The number of ketones is 1. The van der Waals surface area contributed by atoms with E-state index in [1.165, 1.54) is 0 Å². The summed E-state index contributed by atoms with van der Waals surface area (Å²) in [6, 6.07) is 16.2. The fourth-order valence-electron chi connectivity index (χ4n) is 4.75. The number of nitrogens with one attached hydrogen (secondary N) is 1. The van der Waals surface area contributed by atoms with Crippen molar-refractivity contribution in [2.24, 2.45) is 0 Å². The molecule has 0 bridgehead atoms. The van der Waals surface area contributed by atoms with E-state index in [1.807, 2.05) is 30.3 Å². The van der Waals surface area contributed by atoms with Crippen molar-refractivity contribution in [3.8, 4) is 11.4 Å². The van der Waals surface area contributed by atoms with Crippen LogP contribution in [-0.2, 0) is 21.4 Å². The Morgan fingerprint density at radius 3 is 2.54 bits per heavy atom. The lowest BCUT2D eigenvalue weighted by atomic mass is 9.66. The largest absolute Gasteiger partial charge is 0.481 e. The number of amides is 1. The van der Waals surface area contributed by atoms with Crippen LogP contribution < -0.4 is 5.32 Å². The summed E-state index contributed by atoms with van der Waals surface area (Å²) in [5.74, 6) is -0.153. The minimum atomic E-state index is -0.969. The van der Waals surface area contributed by atoms with Crippen LogP contribution in [0, 0.1) is 0 Å². The first-order chi connectivity index (χ1) is 16.9. The monoisotopic (exact) mass is 475 g/mol. The van der Waals surface area contributed by atoms with Crippen molar-refractivity contribution in [2.45, 2.75) is 63.3 Å². The minimum Gasteiger partial charge on any atom is -0.481 e. The molecule has 35 heavy (non-hydrogen) atoms. The summed E-state index contributed by atoms with van der Waals surface area (Å²) < 4.78 is 5.49. The van der Waals surface area contributed by atoms with Gasteiger partial charge in [-0.15, -0.1) is 0 Å². The smallest absolute Gasteiger partial charge is 0.305 e. The Morgan fingerprint density at radius 1 is 1.11 bits per heavy atom. The topological polar surface area (TPSA) is 122 Å². The first-order valence-electron chi connectivity index (χ1n) is 11.9. The summed E-state index contributed by atoms with van der Waals surface area (Å²) in [6.07, 6.45) is 4.34. The lowest BCUT2D eigenvalue weighted by molar-refractivity contribution is -0.137. The number of carboxylic acid groups (broad SMARTS) is 1. The van der Waals surface area contributed by atoms with Gasteiger partial charge in [0.25, 0.3) is 5.91 Å². The van der Waals surface area contributed by atoms with Gasteiger partial charge < -0.3 is 14.9 Å². The Bertz CT molecular complexity index is 1190. The summed E-state index contributed by atoms with van der Waals surface area (Å²) in [7, 11) is 0. The first-order valence-corrected chi connectivity index (χ1v) is 11.9. The number of carbonyl (C=O) groups excluding carboxylic acids is 2. The first kappa shape index (κ1) is 24.3. The van der Waals surface area contributed by atoms with Crippen LogP contribution in [0.4, 0.5) is 0 Å². The van der Waals surface area contributed by atoms with Crippen molar-refractivity contribution in [3.05, 3.63) is 71.6 Å². The maximum Gasteiger partial charge on any atom is 0.305 e. The molecule has 8 nitrogen and oxygen atoms in total. The number of carboxylic acids is 1. The lowest BCUT2D eigenvalue weighted by Gasteiger charge is -2.36. The van der Waals surface area contributed by atoms with E-state index in [-0.39, 0.29) is 18.1 Å². The molecule has 0 saturated heterocycles. The fourth-order valence-corrected chi connectivity index (χ4v) is 4.75. The zero-order chi connectivity index (χ0) is 24.8. The van der Waals surface area contributed by atoms with E-state index in [0.717, 1.165) is 24.8 Å². The molecular weight excluding hydrogens is 446 g/mol. The van der Waals surface area contributed by atoms with Gasteiger partial charge in [0.05, 0.1) is 11.8 Å². The second-order valence-electron chi connectivity index (χ2n) is 9.14. The molecule has 1 aromatic heterocycles. The summed E-state index contributed by atoms with van der Waals surface area (Å²) in [5, 5.41) is 15.6. The van der Waals surface area contributed by atoms with Crippen LogP contribution in [0.15, 0.2) is 59.1 Å². The highest BCUT2D eigenvalue weighted by Gasteiger charge is 2.41. The van der Waals surface area contributed by atoms with Crippen molar-refractivity contribution in [3.63, 3.8) is 0 Å². The number of carbonyl (C=O) groups is 3. The van der Waals surface area contributed by atoms with E-state index in [9.17, 15) is 14.4 Å². The second-order valence-corrected chi connectivity index (χ2v) is 9.14. The maximum atomic E-state index is 13.0. The molecule has 4 rings (SSSR count). The number of Topliss-reactive ketones (excluding diaryl/α,β-unsaturated/α-hetero) is 1. The Kier molecular flexibility index (Phi) is 7.39. The number of aryl methyl sites for hydroxylation is 1. The standard InChI is InChI=1S/C27H29N3O5/c1-18(17-24(32)33)28-26(34)20-12-10-19(11-13-20)25-29-23(35-30-25)14-16-27(15-6-5-9-22(27)31)21-7-3-2-4-8-21/h2-4,7-8,10-13,18H,5-6,9,14-17H2,1H3,(H,28,34)(H,32,33). The van der Waals surface area contributed by atoms with Gasteiger partial charge in [0.2, 0.25) is 11.7 Å². The Morgan fingerprint density at radius 2 is 1.86 bits per heavy atom. The van der Waals surface area contributed by atoms with Crippen molar-refractivity contribution < 1.29 is 24.0 Å². The highest BCUT2D eigenvalue weighted by Crippen LogP contribution is 2.40. The van der Waals surface area contributed by atoms with Crippen LogP contribution in [0.25, 0.3) is 11.4 Å². The van der Waals surface area contributed by atoms with E-state index in [2.05, 4.69) is 15.5 Å². The number of hydrogen-bond acceptors (Lipinski definition) is 6. The molecule has 1 amide bonds. The number of hydrogen-bond donors (Lipinski definition) is 2. The molecule has 2 atom stereocenters. The van der Waals surface area contributed by atoms with Crippen LogP contribution in [0.2, 0.25) is 0 Å². The number of aromatic nitrogens is 2. The number of rotatable bonds is 9. The third kappa shape index (κ3) is 5.65. The second kappa shape index (κ2) is 10.6. The van der Waals surface area contributed by atoms with Gasteiger partial charge in [0.1, 0.15) is 5.78 Å². The van der Waals surface area contributed by atoms with Crippen molar-refractivity contribution >= 4 is 17.7 Å². The van der Waals surface area contributed by atoms with Gasteiger partial charge in [-0.1, -0.05) is 54.0 Å². The van der Waals surface area contributed by atoms with Gasteiger partial charge in [-0.3, -0.25) is 14.4 Å². The Balaban J connectivity index is 1.43. The quantitative estimate of drug-likeness (QED) is 0.472. The van der Waals surface area contributed by atoms with Gasteiger partial charge in [-0.25, -0.2) is 0 Å². The van der Waals surface area contributed by atoms with Crippen LogP contribution in [0.5, 0.6) is 0 Å². The third-order valence-corrected chi connectivity index (χ3v) is 6.61. The minimum absolute atomic E-state index is 0.146. The zero-order valence-electron chi connectivity index (χ0n) is 19.7. The van der Waals surface area contributed by atoms with Crippen LogP contribution in [0.3, 0.4) is 0 Å². The molecular formula is C27H29N3O5. The van der Waals surface area contributed by atoms with Crippen molar-refractivity contribution in [1.29, 1.82) is 0 Å². The molecule has 3 aromatic rings. The van der Waals surface area contributed by atoms with Crippen molar-refractivity contribution in [1.82, 2.24) is 15.5 Å². The molecule has 2 N–H and O–H groups in total. The van der Waals surface area contributed by atoms with Crippen LogP contribution >= 0.6 is 0 Å². The molecule has 1 aliphatic rings. The van der Waals surface area contributed by atoms with Gasteiger partial charge in [-0.2, -0.15) is 4.98 Å². The molecule has 2 unspecified atom stereocenters. The average Bonchev–Trinajstić information content (AvgIpc) is 3.33. The Hall–Kier alpha value is -3.81. The lowest BCUT2D eigenvalue weighted by Crippen LogP contribution is -2.39. The molecule has 1 fully saturated rings. The summed E-state index contributed by atoms with van der Waals surface area (Å²) in [5.41, 5.74) is 1.65. The molecule has 0 spiro atoms. The number of benzene rings is 2. The summed E-state index contributed by atoms with van der Waals surface area (Å²) in [4.78, 5) is 40.7. The molecule has 182 valence electrons. The molecule has 1 heterocycles.